The van der Waals surface area contributed by atoms with Crippen LogP contribution < -0.4 is 5.73 Å². The highest BCUT2D eigenvalue weighted by molar-refractivity contribution is 5.98. The minimum absolute atomic E-state index is 0.375. The number of fused-ring (bicyclic) bond motifs is 1. The molecule has 0 unspecified atom stereocenters. The monoisotopic (exact) mass is 285 g/mol. The summed E-state index contributed by atoms with van der Waals surface area (Å²) >= 11 is 0. The van der Waals surface area contributed by atoms with E-state index in [-0.39, 0.29) is 6.67 Å². The van der Waals surface area contributed by atoms with E-state index in [2.05, 4.69) is 15.1 Å². The minimum atomic E-state index is -0.447. The number of aromatic amines is 1. The summed E-state index contributed by atoms with van der Waals surface area (Å²) < 4.78 is 15.1. The number of anilines is 1. The van der Waals surface area contributed by atoms with Crippen molar-refractivity contribution in [2.24, 2.45) is 0 Å². The maximum absolute atomic E-state index is 13.4. The zero-order valence-electron chi connectivity index (χ0n) is 11.5. The van der Waals surface area contributed by atoms with E-state index in [0.29, 0.717) is 5.69 Å². The van der Waals surface area contributed by atoms with Gasteiger partial charge < -0.3 is 10.7 Å². The average Bonchev–Trinajstić information content (AvgIpc) is 3.07. The van der Waals surface area contributed by atoms with E-state index in [9.17, 15) is 4.39 Å². The number of nitrogens with two attached hydrogens (primary N) is 1. The summed E-state index contributed by atoms with van der Waals surface area (Å²) in [7, 11) is 0. The first-order valence-electron chi connectivity index (χ1n) is 7.07. The van der Waals surface area contributed by atoms with Gasteiger partial charge in [-0.15, -0.1) is 0 Å². The lowest BCUT2D eigenvalue weighted by Crippen LogP contribution is -2.43. The van der Waals surface area contributed by atoms with Crippen molar-refractivity contribution < 1.29 is 4.39 Å². The fourth-order valence-corrected chi connectivity index (χ4v) is 3.07. The molecular weight excluding hydrogens is 269 g/mol. The molecule has 0 spiro atoms. The Hall–Kier alpha value is -2.37. The molecule has 0 bridgehead atoms. The molecule has 1 aliphatic rings. The van der Waals surface area contributed by atoms with Gasteiger partial charge in [-0.25, -0.2) is 9.37 Å². The van der Waals surface area contributed by atoms with Crippen molar-refractivity contribution in [1.29, 1.82) is 0 Å². The van der Waals surface area contributed by atoms with Crippen LogP contribution in [0, 0.1) is 0 Å². The lowest BCUT2D eigenvalue weighted by atomic mass is 9.78. The Balaban J connectivity index is 1.85. The summed E-state index contributed by atoms with van der Waals surface area (Å²) in [6.07, 6.45) is 9.87. The number of pyridine rings is 1. The van der Waals surface area contributed by atoms with Crippen molar-refractivity contribution in [3.8, 4) is 11.1 Å². The molecule has 1 saturated carbocycles. The van der Waals surface area contributed by atoms with Crippen LogP contribution in [0.15, 0.2) is 30.9 Å². The van der Waals surface area contributed by atoms with Gasteiger partial charge in [-0.2, -0.15) is 5.10 Å². The van der Waals surface area contributed by atoms with Gasteiger partial charge in [-0.05, 0) is 25.3 Å². The second-order valence-electron chi connectivity index (χ2n) is 5.71. The second-order valence-corrected chi connectivity index (χ2v) is 5.71. The van der Waals surface area contributed by atoms with Gasteiger partial charge in [0, 0.05) is 28.9 Å². The summed E-state index contributed by atoms with van der Waals surface area (Å²) in [5, 5.41) is 5.34. The third kappa shape index (κ3) is 1.68. The Bertz CT molecular complexity index is 794. The summed E-state index contributed by atoms with van der Waals surface area (Å²) in [5.74, 6) is 0. The third-order valence-corrected chi connectivity index (χ3v) is 4.51. The van der Waals surface area contributed by atoms with Gasteiger partial charge in [-0.1, -0.05) is 0 Å². The smallest absolute Gasteiger partial charge is 0.137 e. The van der Waals surface area contributed by atoms with Gasteiger partial charge in [0.15, 0.2) is 0 Å². The van der Waals surface area contributed by atoms with E-state index in [0.717, 1.165) is 41.4 Å². The SMILES string of the molecule is Nc1cnc2[nH]ccc2c1-c1cnn(C2(CF)CCC2)c1. The number of hydrogen-bond acceptors (Lipinski definition) is 3. The fourth-order valence-electron chi connectivity index (χ4n) is 3.07. The van der Waals surface area contributed by atoms with Crippen molar-refractivity contribution in [2.45, 2.75) is 24.8 Å². The van der Waals surface area contributed by atoms with Gasteiger partial charge in [0.2, 0.25) is 0 Å². The largest absolute Gasteiger partial charge is 0.397 e. The van der Waals surface area contributed by atoms with Crippen LogP contribution in [0.2, 0.25) is 0 Å². The van der Waals surface area contributed by atoms with Crippen LogP contribution in [0.4, 0.5) is 10.1 Å². The number of rotatable bonds is 3. The van der Waals surface area contributed by atoms with Crippen LogP contribution in [0.1, 0.15) is 19.3 Å². The summed E-state index contributed by atoms with van der Waals surface area (Å²) in [6, 6.07) is 1.94. The van der Waals surface area contributed by atoms with Crippen LogP contribution >= 0.6 is 0 Å². The van der Waals surface area contributed by atoms with E-state index < -0.39 is 5.54 Å². The molecular formula is C15H16FN5. The Morgan fingerprint density at radius 1 is 1.38 bits per heavy atom. The van der Waals surface area contributed by atoms with Gasteiger partial charge in [0.1, 0.15) is 12.3 Å². The molecule has 0 aliphatic heterocycles. The highest BCUT2D eigenvalue weighted by Gasteiger charge is 2.40. The maximum Gasteiger partial charge on any atom is 0.137 e. The van der Waals surface area contributed by atoms with Gasteiger partial charge in [0.05, 0.1) is 23.6 Å². The molecule has 0 amide bonds. The van der Waals surface area contributed by atoms with E-state index in [1.807, 2.05) is 18.5 Å². The molecule has 6 heteroatoms. The number of nitrogens with zero attached hydrogens (tertiary/aromatic N) is 3. The number of aromatic nitrogens is 4. The van der Waals surface area contributed by atoms with E-state index in [4.69, 9.17) is 5.73 Å². The van der Waals surface area contributed by atoms with Crippen molar-refractivity contribution in [3.05, 3.63) is 30.9 Å². The lowest BCUT2D eigenvalue weighted by molar-refractivity contribution is 0.0867. The zero-order chi connectivity index (χ0) is 14.4. The standard InChI is InChI=1S/C15H16FN5/c16-9-15(3-1-4-15)21-8-10(6-20-21)13-11-2-5-18-14(11)19-7-12(13)17/h2,5-8H,1,3-4,9,17H2,(H,18,19). The molecule has 108 valence electrons. The molecule has 1 fully saturated rings. The topological polar surface area (TPSA) is 72.5 Å². The summed E-state index contributed by atoms with van der Waals surface area (Å²) in [4.78, 5) is 7.33. The van der Waals surface area contributed by atoms with Gasteiger partial charge in [-0.3, -0.25) is 4.68 Å². The summed E-state index contributed by atoms with van der Waals surface area (Å²) in [6.45, 7) is -0.375. The van der Waals surface area contributed by atoms with E-state index in [1.165, 1.54) is 0 Å². The molecule has 0 radical (unpaired) electrons. The molecule has 3 aromatic heterocycles. The first kappa shape index (κ1) is 12.4. The Kier molecular flexibility index (Phi) is 2.54. The molecule has 5 nitrogen and oxygen atoms in total. The molecule has 21 heavy (non-hydrogen) atoms. The first-order chi connectivity index (χ1) is 10.2. The number of alkyl halides is 1. The predicted octanol–water partition coefficient (Wildman–Crippen LogP) is 2.86. The molecule has 3 aromatic rings. The molecule has 3 N–H and O–H groups in total. The zero-order valence-corrected chi connectivity index (χ0v) is 11.5. The van der Waals surface area contributed by atoms with Crippen LogP contribution in [-0.2, 0) is 5.54 Å². The number of hydrogen-bond donors (Lipinski definition) is 2. The van der Waals surface area contributed by atoms with Crippen molar-refractivity contribution >= 4 is 16.7 Å². The van der Waals surface area contributed by atoms with Crippen LogP contribution in [0.25, 0.3) is 22.2 Å². The third-order valence-electron chi connectivity index (χ3n) is 4.51. The predicted molar refractivity (Wildman–Crippen MR) is 79.5 cm³/mol. The number of H-pyrrole nitrogens is 1. The number of halogens is 1. The number of nitrogens with one attached hydrogen (secondary N) is 1. The maximum atomic E-state index is 13.4. The lowest BCUT2D eigenvalue weighted by Gasteiger charge is -2.39. The first-order valence-corrected chi connectivity index (χ1v) is 7.07. The van der Waals surface area contributed by atoms with E-state index >= 15 is 0 Å². The van der Waals surface area contributed by atoms with Crippen LogP contribution in [0.3, 0.4) is 0 Å². The molecule has 4 rings (SSSR count). The fraction of sp³-hybridized carbons (Fsp3) is 0.333. The molecule has 3 heterocycles. The van der Waals surface area contributed by atoms with Crippen molar-refractivity contribution in [2.75, 3.05) is 12.4 Å². The van der Waals surface area contributed by atoms with Gasteiger partial charge >= 0.3 is 0 Å². The molecule has 0 saturated heterocycles. The minimum Gasteiger partial charge on any atom is -0.397 e. The normalized spacial score (nSPS) is 17.0. The van der Waals surface area contributed by atoms with Gasteiger partial charge in [0.25, 0.3) is 0 Å². The van der Waals surface area contributed by atoms with Crippen molar-refractivity contribution in [3.63, 3.8) is 0 Å². The number of nitrogen functional groups attached to an aromatic ring is 1. The van der Waals surface area contributed by atoms with E-state index in [1.54, 1.807) is 17.1 Å². The molecule has 0 atom stereocenters. The average molecular weight is 285 g/mol. The van der Waals surface area contributed by atoms with Crippen LogP contribution in [0.5, 0.6) is 0 Å². The molecule has 1 aliphatic carbocycles. The quantitative estimate of drug-likeness (QED) is 0.777. The highest BCUT2D eigenvalue weighted by Crippen LogP contribution is 2.40. The second kappa shape index (κ2) is 4.31. The Labute approximate surface area is 121 Å². The Morgan fingerprint density at radius 2 is 2.24 bits per heavy atom. The summed E-state index contributed by atoms with van der Waals surface area (Å²) in [5.41, 5.74) is 8.84. The Morgan fingerprint density at radius 3 is 2.95 bits per heavy atom. The van der Waals surface area contributed by atoms with Crippen molar-refractivity contribution in [1.82, 2.24) is 19.7 Å². The highest BCUT2D eigenvalue weighted by atomic mass is 19.1. The molecule has 0 aromatic carbocycles. The van der Waals surface area contributed by atoms with Crippen LogP contribution in [-0.4, -0.2) is 26.4 Å².